The van der Waals surface area contributed by atoms with Crippen LogP contribution in [0.1, 0.15) is 64.7 Å². The van der Waals surface area contributed by atoms with E-state index in [1.807, 2.05) is 43.5 Å². The van der Waals surface area contributed by atoms with Gasteiger partial charge in [0.15, 0.2) is 22.4 Å². The Bertz CT molecular complexity index is 1790. The topological polar surface area (TPSA) is 133 Å². The maximum atomic E-state index is 13.8. The van der Waals surface area contributed by atoms with E-state index in [0.29, 0.717) is 47.3 Å². The van der Waals surface area contributed by atoms with Gasteiger partial charge in [0, 0.05) is 6.20 Å². The molecular formula is C31H32N4O7S. The molecule has 1 saturated heterocycles. The molecule has 224 valence electrons. The van der Waals surface area contributed by atoms with Crippen LogP contribution in [0.2, 0.25) is 0 Å². The quantitative estimate of drug-likeness (QED) is 0.117. The lowest BCUT2D eigenvalue weighted by Gasteiger charge is -2.24. The highest BCUT2D eigenvalue weighted by molar-refractivity contribution is 7.17. The number of anilines is 1. The number of amides is 1. The molecule has 4 heterocycles. The van der Waals surface area contributed by atoms with E-state index in [2.05, 4.69) is 9.97 Å². The molecule has 1 unspecified atom stereocenters. The van der Waals surface area contributed by atoms with Gasteiger partial charge in [0.05, 0.1) is 42.8 Å². The molecule has 1 fully saturated rings. The van der Waals surface area contributed by atoms with E-state index < -0.39 is 29.5 Å². The first-order chi connectivity index (χ1) is 20.6. The van der Waals surface area contributed by atoms with Gasteiger partial charge in [-0.05, 0) is 70.9 Å². The third-order valence-electron chi connectivity index (χ3n) is 7.09. The van der Waals surface area contributed by atoms with E-state index in [-0.39, 0.29) is 27.9 Å². The van der Waals surface area contributed by atoms with Crippen molar-refractivity contribution in [2.75, 3.05) is 24.7 Å². The van der Waals surface area contributed by atoms with E-state index in [9.17, 15) is 19.5 Å². The fraction of sp³-hybridized carbons (Fsp3) is 0.323. The Hall–Kier alpha value is -4.71. The van der Waals surface area contributed by atoms with Crippen molar-refractivity contribution < 1.29 is 33.7 Å². The standard InChI is InChI=1S/C31H32N4O7S/c1-7-40-20-13-12-19(15-21(20)41-8-2)24-22(25(36)23-18(6)34-14-10-11-16(4)28(34)33-23)26(37)29(38)35(24)31-32-17(5)27(43-31)30(39)42-9-3/h10-15,24,36H,7-9H2,1-6H3. The van der Waals surface area contributed by atoms with Crippen molar-refractivity contribution in [2.24, 2.45) is 0 Å². The molecule has 11 nitrogen and oxygen atoms in total. The number of aromatic nitrogens is 3. The number of ether oxygens (including phenoxy) is 3. The van der Waals surface area contributed by atoms with Crippen molar-refractivity contribution in [2.45, 2.75) is 47.6 Å². The van der Waals surface area contributed by atoms with Gasteiger partial charge in [-0.15, -0.1) is 0 Å². The summed E-state index contributed by atoms with van der Waals surface area (Å²) in [6.07, 6.45) is 1.81. The van der Waals surface area contributed by atoms with E-state index in [0.717, 1.165) is 16.9 Å². The molecule has 3 aromatic heterocycles. The number of esters is 1. The minimum absolute atomic E-state index is 0.112. The highest BCUT2D eigenvalue weighted by atomic mass is 32.1. The summed E-state index contributed by atoms with van der Waals surface area (Å²) in [7, 11) is 0. The molecule has 12 heteroatoms. The number of pyridine rings is 1. The molecule has 0 saturated carbocycles. The Morgan fingerprint density at radius 2 is 1.72 bits per heavy atom. The minimum atomic E-state index is -1.11. The van der Waals surface area contributed by atoms with Gasteiger partial charge in [0.25, 0.3) is 5.78 Å². The van der Waals surface area contributed by atoms with Gasteiger partial charge in [0.2, 0.25) is 0 Å². The van der Waals surface area contributed by atoms with Crippen molar-refractivity contribution in [1.82, 2.24) is 14.4 Å². The molecule has 0 radical (unpaired) electrons. The number of fused-ring (bicyclic) bond motifs is 1. The Morgan fingerprint density at radius 3 is 2.40 bits per heavy atom. The van der Waals surface area contributed by atoms with Crippen LogP contribution in [-0.4, -0.2) is 57.0 Å². The monoisotopic (exact) mass is 604 g/mol. The summed E-state index contributed by atoms with van der Waals surface area (Å²) in [4.78, 5) is 50.7. The smallest absolute Gasteiger partial charge is 0.350 e. The lowest BCUT2D eigenvalue weighted by molar-refractivity contribution is -0.132. The first-order valence-electron chi connectivity index (χ1n) is 13.9. The second-order valence-electron chi connectivity index (χ2n) is 9.80. The summed E-state index contributed by atoms with van der Waals surface area (Å²) in [6, 6.07) is 7.73. The molecule has 0 aliphatic carbocycles. The molecule has 0 spiro atoms. The minimum Gasteiger partial charge on any atom is -0.505 e. The molecular weight excluding hydrogens is 572 g/mol. The third-order valence-corrected chi connectivity index (χ3v) is 8.22. The third kappa shape index (κ3) is 5.11. The zero-order valence-electron chi connectivity index (χ0n) is 24.8. The molecule has 1 aliphatic rings. The molecule has 1 atom stereocenters. The molecule has 4 aromatic rings. The average Bonchev–Trinajstić information content (AvgIpc) is 3.61. The second kappa shape index (κ2) is 11.9. The lowest BCUT2D eigenvalue weighted by atomic mass is 9.96. The highest BCUT2D eigenvalue weighted by Crippen LogP contribution is 2.46. The SMILES string of the molecule is CCOC(=O)c1sc(N2C(=O)C(=O)C(=C(O)c3nc4c(C)cccn4c3C)C2c2ccc(OCC)c(OCC)c2)nc1C. The number of aryl methyl sites for hydroxylation is 3. The summed E-state index contributed by atoms with van der Waals surface area (Å²) < 4.78 is 18.5. The zero-order chi connectivity index (χ0) is 31.0. The number of carbonyl (C=O) groups is 3. The van der Waals surface area contributed by atoms with Crippen LogP contribution in [0.5, 0.6) is 11.5 Å². The van der Waals surface area contributed by atoms with Crippen LogP contribution in [0.15, 0.2) is 42.1 Å². The largest absolute Gasteiger partial charge is 0.505 e. The maximum absolute atomic E-state index is 13.8. The number of imidazole rings is 1. The molecule has 1 amide bonds. The molecule has 5 rings (SSSR count). The van der Waals surface area contributed by atoms with Crippen LogP contribution in [0.25, 0.3) is 11.4 Å². The molecule has 0 bridgehead atoms. The molecule has 1 aliphatic heterocycles. The number of ketones is 1. The summed E-state index contributed by atoms with van der Waals surface area (Å²) in [5.41, 5.74) is 2.92. The number of hydrogen-bond donors (Lipinski definition) is 1. The molecule has 1 N–H and O–H groups in total. The number of aliphatic hydroxyl groups excluding tert-OH is 1. The number of Topliss-reactive ketones (excluding diaryl/α,β-unsaturated/α-hetero) is 1. The summed E-state index contributed by atoms with van der Waals surface area (Å²) in [5.74, 6) is -1.90. The van der Waals surface area contributed by atoms with E-state index in [4.69, 9.17) is 14.2 Å². The van der Waals surface area contributed by atoms with Crippen molar-refractivity contribution in [1.29, 1.82) is 0 Å². The van der Waals surface area contributed by atoms with Crippen molar-refractivity contribution in [3.63, 3.8) is 0 Å². The number of rotatable bonds is 9. The fourth-order valence-corrected chi connectivity index (χ4v) is 6.12. The number of carbonyl (C=O) groups excluding carboxylic acids is 3. The number of aliphatic hydroxyl groups is 1. The van der Waals surface area contributed by atoms with Crippen LogP contribution in [0.4, 0.5) is 5.13 Å². The van der Waals surface area contributed by atoms with Gasteiger partial charge < -0.3 is 23.7 Å². The van der Waals surface area contributed by atoms with Crippen molar-refractivity contribution >= 4 is 45.5 Å². The zero-order valence-corrected chi connectivity index (χ0v) is 25.6. The predicted molar refractivity (Wildman–Crippen MR) is 161 cm³/mol. The first-order valence-corrected chi connectivity index (χ1v) is 14.7. The molecule has 1 aromatic carbocycles. The first kappa shape index (κ1) is 29.8. The van der Waals surface area contributed by atoms with Crippen molar-refractivity contribution in [3.05, 3.63) is 75.2 Å². The van der Waals surface area contributed by atoms with Crippen LogP contribution in [0, 0.1) is 20.8 Å². The number of nitrogens with zero attached hydrogens (tertiary/aromatic N) is 4. The number of hydrogen-bond acceptors (Lipinski definition) is 10. The van der Waals surface area contributed by atoms with Gasteiger partial charge >= 0.3 is 11.9 Å². The number of benzene rings is 1. The summed E-state index contributed by atoms with van der Waals surface area (Å²) in [6.45, 7) is 11.6. The Balaban J connectivity index is 1.76. The normalized spacial score (nSPS) is 16.2. The Labute approximate surface area is 252 Å². The van der Waals surface area contributed by atoms with Gasteiger partial charge in [-0.1, -0.05) is 23.5 Å². The fourth-order valence-electron chi connectivity index (χ4n) is 5.13. The number of thiazole rings is 1. The Kier molecular flexibility index (Phi) is 8.23. The average molecular weight is 605 g/mol. The van der Waals surface area contributed by atoms with Gasteiger partial charge in [-0.3, -0.25) is 14.5 Å². The molecule has 43 heavy (non-hydrogen) atoms. The maximum Gasteiger partial charge on any atom is 0.350 e. The van der Waals surface area contributed by atoms with Gasteiger partial charge in [-0.2, -0.15) is 0 Å². The van der Waals surface area contributed by atoms with Crippen LogP contribution >= 0.6 is 11.3 Å². The van der Waals surface area contributed by atoms with Gasteiger partial charge in [-0.25, -0.2) is 14.8 Å². The Morgan fingerprint density at radius 1 is 1.00 bits per heavy atom. The van der Waals surface area contributed by atoms with Crippen LogP contribution in [-0.2, 0) is 14.3 Å². The summed E-state index contributed by atoms with van der Waals surface area (Å²) in [5, 5.41) is 11.9. The van der Waals surface area contributed by atoms with Gasteiger partial charge in [0.1, 0.15) is 16.2 Å². The van der Waals surface area contributed by atoms with E-state index in [1.54, 1.807) is 39.0 Å². The van der Waals surface area contributed by atoms with Crippen LogP contribution < -0.4 is 14.4 Å². The van der Waals surface area contributed by atoms with E-state index in [1.165, 1.54) is 4.90 Å². The van der Waals surface area contributed by atoms with E-state index >= 15 is 0 Å². The lowest BCUT2D eigenvalue weighted by Crippen LogP contribution is -2.29. The van der Waals surface area contributed by atoms with Crippen LogP contribution in [0.3, 0.4) is 0 Å². The second-order valence-corrected chi connectivity index (χ2v) is 10.8. The predicted octanol–water partition coefficient (Wildman–Crippen LogP) is 5.32. The summed E-state index contributed by atoms with van der Waals surface area (Å²) >= 11 is 0.941. The highest BCUT2D eigenvalue weighted by Gasteiger charge is 2.49. The van der Waals surface area contributed by atoms with Crippen molar-refractivity contribution in [3.8, 4) is 11.5 Å².